The average Bonchev–Trinajstić information content (AvgIpc) is 3.12. The van der Waals surface area contributed by atoms with Crippen molar-refractivity contribution in [2.75, 3.05) is 26.0 Å². The number of hydrogen-bond donors (Lipinski definition) is 1. The molecular weight excluding hydrogens is 242 g/mol. The number of nitrogen functional groups attached to an aromatic ring is 1. The first kappa shape index (κ1) is 13.9. The molecule has 1 aromatic heterocycles. The molecule has 0 radical (unpaired) electrons. The molecule has 1 heterocycles. The van der Waals surface area contributed by atoms with Gasteiger partial charge < -0.3 is 19.9 Å². The van der Waals surface area contributed by atoms with Crippen molar-refractivity contribution < 1.29 is 9.53 Å². The van der Waals surface area contributed by atoms with Crippen LogP contribution >= 0.6 is 0 Å². The van der Waals surface area contributed by atoms with Crippen molar-refractivity contribution in [1.29, 1.82) is 0 Å². The Hall–Kier alpha value is -1.49. The fourth-order valence-electron chi connectivity index (χ4n) is 2.26. The van der Waals surface area contributed by atoms with E-state index in [1.54, 1.807) is 13.2 Å². The van der Waals surface area contributed by atoms with Gasteiger partial charge in [-0.1, -0.05) is 0 Å². The lowest BCUT2D eigenvalue weighted by atomic mass is 10.2. The van der Waals surface area contributed by atoms with Gasteiger partial charge in [0.1, 0.15) is 5.69 Å². The summed E-state index contributed by atoms with van der Waals surface area (Å²) in [7, 11) is 1.65. The van der Waals surface area contributed by atoms with Crippen LogP contribution in [0.3, 0.4) is 0 Å². The maximum Gasteiger partial charge on any atom is 0.270 e. The van der Waals surface area contributed by atoms with Crippen molar-refractivity contribution in [3.8, 4) is 0 Å². The Kier molecular flexibility index (Phi) is 4.14. The number of anilines is 1. The summed E-state index contributed by atoms with van der Waals surface area (Å²) < 4.78 is 7.11. The van der Waals surface area contributed by atoms with E-state index in [-0.39, 0.29) is 11.9 Å². The van der Waals surface area contributed by atoms with E-state index in [1.165, 1.54) is 0 Å². The van der Waals surface area contributed by atoms with Gasteiger partial charge in [-0.15, -0.1) is 0 Å². The lowest BCUT2D eigenvalue weighted by Crippen LogP contribution is -2.40. The fourth-order valence-corrected chi connectivity index (χ4v) is 2.26. The Bertz CT molecular complexity index is 450. The van der Waals surface area contributed by atoms with Crippen LogP contribution in [-0.4, -0.2) is 41.7 Å². The summed E-state index contributed by atoms with van der Waals surface area (Å²) in [5.74, 6) is 0.0376. The molecule has 0 unspecified atom stereocenters. The molecule has 1 fully saturated rings. The van der Waals surface area contributed by atoms with Crippen LogP contribution in [-0.2, 0) is 4.74 Å². The van der Waals surface area contributed by atoms with Crippen LogP contribution < -0.4 is 5.73 Å². The van der Waals surface area contributed by atoms with Gasteiger partial charge in [-0.05, 0) is 32.8 Å². The van der Waals surface area contributed by atoms with E-state index in [9.17, 15) is 4.79 Å². The first-order valence-corrected chi connectivity index (χ1v) is 6.81. The molecule has 106 valence electrons. The Morgan fingerprint density at radius 2 is 2.26 bits per heavy atom. The lowest BCUT2D eigenvalue weighted by molar-refractivity contribution is 0.0624. The minimum absolute atomic E-state index is 0.0376. The number of nitrogens with zero attached hydrogens (tertiary/aromatic N) is 2. The van der Waals surface area contributed by atoms with E-state index in [4.69, 9.17) is 10.5 Å². The van der Waals surface area contributed by atoms with Crippen molar-refractivity contribution in [3.05, 3.63) is 18.0 Å². The monoisotopic (exact) mass is 265 g/mol. The first-order chi connectivity index (χ1) is 9.04. The van der Waals surface area contributed by atoms with Crippen LogP contribution in [0.2, 0.25) is 0 Å². The number of nitrogens with two attached hydrogens (primary N) is 1. The molecule has 0 atom stereocenters. The second-order valence-electron chi connectivity index (χ2n) is 5.38. The zero-order chi connectivity index (χ0) is 14.0. The largest absolute Gasteiger partial charge is 0.397 e. The zero-order valence-corrected chi connectivity index (χ0v) is 11.9. The Balaban J connectivity index is 2.20. The number of aromatic nitrogens is 1. The van der Waals surface area contributed by atoms with Crippen LogP contribution in [0.1, 0.15) is 43.2 Å². The van der Waals surface area contributed by atoms with E-state index in [0.717, 1.165) is 12.8 Å². The first-order valence-electron chi connectivity index (χ1n) is 6.81. The number of hydrogen-bond acceptors (Lipinski definition) is 3. The van der Waals surface area contributed by atoms with Crippen LogP contribution in [0.25, 0.3) is 0 Å². The number of carbonyl (C=O) groups is 1. The SMILES string of the molecule is COCCN(C(=O)c1cc(N)cn1C1CC1)C(C)C. The molecule has 2 rings (SSSR count). The summed E-state index contributed by atoms with van der Waals surface area (Å²) >= 11 is 0. The van der Waals surface area contributed by atoms with Gasteiger partial charge in [0.25, 0.3) is 5.91 Å². The van der Waals surface area contributed by atoms with Crippen molar-refractivity contribution in [1.82, 2.24) is 9.47 Å². The maximum atomic E-state index is 12.7. The number of carbonyl (C=O) groups excluding carboxylic acids is 1. The highest BCUT2D eigenvalue weighted by Gasteiger charge is 2.30. The highest BCUT2D eigenvalue weighted by Crippen LogP contribution is 2.37. The maximum absolute atomic E-state index is 12.7. The van der Waals surface area contributed by atoms with Gasteiger partial charge in [0.2, 0.25) is 0 Å². The van der Waals surface area contributed by atoms with Gasteiger partial charge in [0.05, 0.1) is 12.3 Å². The third-order valence-corrected chi connectivity index (χ3v) is 3.45. The Labute approximate surface area is 114 Å². The lowest BCUT2D eigenvalue weighted by Gasteiger charge is -2.27. The van der Waals surface area contributed by atoms with Gasteiger partial charge in [0.15, 0.2) is 0 Å². The molecule has 1 amide bonds. The molecule has 2 N–H and O–H groups in total. The second kappa shape index (κ2) is 5.65. The van der Waals surface area contributed by atoms with Crippen molar-refractivity contribution in [2.24, 2.45) is 0 Å². The topological polar surface area (TPSA) is 60.5 Å². The Morgan fingerprint density at radius 1 is 1.58 bits per heavy atom. The predicted octanol–water partition coefficient (Wildman–Crippen LogP) is 1.90. The van der Waals surface area contributed by atoms with Gasteiger partial charge in [-0.2, -0.15) is 0 Å². The molecule has 5 heteroatoms. The molecule has 1 aliphatic carbocycles. The average molecular weight is 265 g/mol. The molecular formula is C14H23N3O2. The molecule has 1 saturated carbocycles. The van der Waals surface area contributed by atoms with Gasteiger partial charge >= 0.3 is 0 Å². The third kappa shape index (κ3) is 3.10. The van der Waals surface area contributed by atoms with E-state index < -0.39 is 0 Å². The summed E-state index contributed by atoms with van der Waals surface area (Å²) in [6, 6.07) is 2.38. The number of rotatable bonds is 6. The smallest absolute Gasteiger partial charge is 0.270 e. The van der Waals surface area contributed by atoms with Gasteiger partial charge in [-0.3, -0.25) is 4.79 Å². The summed E-state index contributed by atoms with van der Waals surface area (Å²) in [6.07, 6.45) is 4.14. The fraction of sp³-hybridized carbons (Fsp3) is 0.643. The van der Waals surface area contributed by atoms with Crippen molar-refractivity contribution in [2.45, 2.75) is 38.8 Å². The van der Waals surface area contributed by atoms with Crippen molar-refractivity contribution in [3.63, 3.8) is 0 Å². The number of amides is 1. The van der Waals surface area contributed by atoms with E-state index >= 15 is 0 Å². The van der Waals surface area contributed by atoms with Crippen molar-refractivity contribution >= 4 is 11.6 Å². The quantitative estimate of drug-likeness (QED) is 0.854. The summed E-state index contributed by atoms with van der Waals surface area (Å²) in [6.45, 7) is 5.18. The highest BCUT2D eigenvalue weighted by atomic mass is 16.5. The highest BCUT2D eigenvalue weighted by molar-refractivity contribution is 5.94. The van der Waals surface area contributed by atoms with Crippen LogP contribution in [0, 0.1) is 0 Å². The van der Waals surface area contributed by atoms with Gasteiger partial charge in [-0.25, -0.2) is 0 Å². The summed E-state index contributed by atoms with van der Waals surface area (Å²) in [5.41, 5.74) is 7.20. The van der Waals surface area contributed by atoms with Crippen LogP contribution in [0.15, 0.2) is 12.3 Å². The third-order valence-electron chi connectivity index (χ3n) is 3.45. The van der Waals surface area contributed by atoms with Gasteiger partial charge in [0, 0.05) is 31.9 Å². The minimum Gasteiger partial charge on any atom is -0.397 e. The predicted molar refractivity (Wildman–Crippen MR) is 75.2 cm³/mol. The molecule has 0 aliphatic heterocycles. The summed E-state index contributed by atoms with van der Waals surface area (Å²) in [4.78, 5) is 14.5. The van der Waals surface area contributed by atoms with E-state index in [1.807, 2.05) is 29.5 Å². The number of ether oxygens (including phenoxy) is 1. The second-order valence-corrected chi connectivity index (χ2v) is 5.38. The standard InChI is InChI=1S/C14H23N3O2/c1-10(2)16(6-7-19-3)14(18)13-8-11(15)9-17(13)12-4-5-12/h8-10,12H,4-7,15H2,1-3H3. The van der Waals surface area contributed by atoms with Crippen LogP contribution in [0.4, 0.5) is 5.69 Å². The normalized spacial score (nSPS) is 14.9. The zero-order valence-electron chi connectivity index (χ0n) is 11.9. The number of methoxy groups -OCH3 is 1. The molecule has 0 bridgehead atoms. The summed E-state index contributed by atoms with van der Waals surface area (Å²) in [5, 5.41) is 0. The van der Waals surface area contributed by atoms with E-state index in [2.05, 4.69) is 0 Å². The molecule has 19 heavy (non-hydrogen) atoms. The molecule has 1 aromatic rings. The molecule has 1 aliphatic rings. The molecule has 0 saturated heterocycles. The van der Waals surface area contributed by atoms with Crippen LogP contribution in [0.5, 0.6) is 0 Å². The molecule has 0 spiro atoms. The Morgan fingerprint density at radius 3 is 2.79 bits per heavy atom. The van der Waals surface area contributed by atoms with E-state index in [0.29, 0.717) is 30.6 Å². The molecule has 5 nitrogen and oxygen atoms in total. The molecule has 0 aromatic carbocycles. The minimum atomic E-state index is 0.0376.